The molecular weight excluding hydrogens is 262 g/mol. The lowest BCUT2D eigenvalue weighted by molar-refractivity contribution is 0.0149. The first kappa shape index (κ1) is 14.3. The summed E-state index contributed by atoms with van der Waals surface area (Å²) in [4.78, 5) is 14.3. The molecule has 2 unspecified atom stereocenters. The van der Waals surface area contributed by atoms with Crippen LogP contribution in [0, 0.1) is 0 Å². The molecule has 1 heterocycles. The molecular formula is C13H15N3O4. The van der Waals surface area contributed by atoms with E-state index >= 15 is 0 Å². The van der Waals surface area contributed by atoms with Crippen molar-refractivity contribution in [3.63, 3.8) is 0 Å². The maximum atomic E-state index is 11.8. The molecule has 2 atom stereocenters. The van der Waals surface area contributed by atoms with Crippen LogP contribution in [0.3, 0.4) is 0 Å². The molecule has 0 aromatic heterocycles. The summed E-state index contributed by atoms with van der Waals surface area (Å²) in [5.41, 5.74) is 9.03. The Morgan fingerprint density at radius 3 is 3.00 bits per heavy atom. The highest BCUT2D eigenvalue weighted by molar-refractivity contribution is 5.99. The zero-order valence-corrected chi connectivity index (χ0v) is 10.8. The Morgan fingerprint density at radius 2 is 2.25 bits per heavy atom. The highest BCUT2D eigenvalue weighted by atomic mass is 16.5. The molecule has 0 aliphatic carbocycles. The van der Waals surface area contributed by atoms with E-state index in [1.54, 1.807) is 12.1 Å². The number of Topliss-reactive ketones (excluding diaryl/α,β-unsaturated/α-hetero) is 1. The van der Waals surface area contributed by atoms with Gasteiger partial charge in [-0.05, 0) is 29.6 Å². The fraction of sp³-hybridized carbons (Fsp3) is 0.462. The number of nitrogens with zero attached hydrogens (tertiary/aromatic N) is 3. The summed E-state index contributed by atoms with van der Waals surface area (Å²) in [6.45, 7) is 0.463. The number of benzene rings is 1. The molecule has 20 heavy (non-hydrogen) atoms. The van der Waals surface area contributed by atoms with Gasteiger partial charge in [0, 0.05) is 17.9 Å². The van der Waals surface area contributed by atoms with Crippen LogP contribution in [-0.4, -0.2) is 35.3 Å². The second-order valence-electron chi connectivity index (χ2n) is 4.53. The maximum Gasteiger partial charge on any atom is 0.170 e. The van der Waals surface area contributed by atoms with Crippen molar-refractivity contribution in [2.75, 3.05) is 13.2 Å². The lowest BCUT2D eigenvalue weighted by Gasteiger charge is -2.21. The Labute approximate surface area is 115 Å². The van der Waals surface area contributed by atoms with Crippen LogP contribution in [0.2, 0.25) is 0 Å². The largest absolute Gasteiger partial charge is 0.492 e. The van der Waals surface area contributed by atoms with Crippen molar-refractivity contribution < 1.29 is 19.7 Å². The number of carbonyl (C=O) groups is 1. The summed E-state index contributed by atoms with van der Waals surface area (Å²) in [6.07, 6.45) is -1.74. The molecule has 2 N–H and O–H groups in total. The van der Waals surface area contributed by atoms with Crippen molar-refractivity contribution in [3.05, 3.63) is 39.8 Å². The first-order valence-corrected chi connectivity index (χ1v) is 6.30. The standard InChI is InChI=1S/C13H15N3O4/c14-16-15-5-3-11(18)13(19)8-1-2-12-9(7-8)10(17)4-6-20-12/h1-2,7,11,13,18-19H,3-6H2. The number of rotatable bonds is 5. The van der Waals surface area contributed by atoms with Gasteiger partial charge in [0.05, 0.1) is 18.3 Å². The second kappa shape index (κ2) is 6.38. The average Bonchev–Trinajstić information content (AvgIpc) is 2.47. The summed E-state index contributed by atoms with van der Waals surface area (Å²) >= 11 is 0. The first-order valence-electron chi connectivity index (χ1n) is 6.30. The Hall–Kier alpha value is -2.08. The van der Waals surface area contributed by atoms with Crippen LogP contribution in [0.15, 0.2) is 23.3 Å². The summed E-state index contributed by atoms with van der Waals surface area (Å²) in [6, 6.07) is 4.77. The highest BCUT2D eigenvalue weighted by Gasteiger charge is 2.23. The van der Waals surface area contributed by atoms with Crippen molar-refractivity contribution in [3.8, 4) is 5.75 Å². The minimum absolute atomic E-state index is 0.0381. The first-order chi connectivity index (χ1) is 9.63. The number of ketones is 1. The van der Waals surface area contributed by atoms with Crippen molar-refractivity contribution in [2.45, 2.75) is 25.0 Å². The van der Waals surface area contributed by atoms with Crippen LogP contribution in [0.5, 0.6) is 5.75 Å². The van der Waals surface area contributed by atoms with Crippen LogP contribution in [-0.2, 0) is 0 Å². The third kappa shape index (κ3) is 3.08. The van der Waals surface area contributed by atoms with E-state index in [2.05, 4.69) is 10.0 Å². The lowest BCUT2D eigenvalue weighted by Crippen LogP contribution is -2.21. The van der Waals surface area contributed by atoms with Gasteiger partial charge < -0.3 is 14.9 Å². The minimum Gasteiger partial charge on any atom is -0.492 e. The molecule has 7 nitrogen and oxygen atoms in total. The number of fused-ring (bicyclic) bond motifs is 1. The molecule has 7 heteroatoms. The van der Waals surface area contributed by atoms with Gasteiger partial charge in [0.25, 0.3) is 0 Å². The van der Waals surface area contributed by atoms with E-state index in [4.69, 9.17) is 10.3 Å². The predicted octanol–water partition coefficient (Wildman–Crippen LogP) is 1.75. The van der Waals surface area contributed by atoms with Crippen molar-refractivity contribution in [1.82, 2.24) is 0 Å². The van der Waals surface area contributed by atoms with Gasteiger partial charge in [-0.15, -0.1) is 0 Å². The zero-order chi connectivity index (χ0) is 14.5. The van der Waals surface area contributed by atoms with Crippen molar-refractivity contribution in [2.24, 2.45) is 5.11 Å². The molecule has 2 rings (SSSR count). The van der Waals surface area contributed by atoms with Gasteiger partial charge >= 0.3 is 0 Å². The fourth-order valence-corrected chi connectivity index (χ4v) is 2.08. The normalized spacial score (nSPS) is 16.6. The molecule has 1 aliphatic heterocycles. The quantitative estimate of drug-likeness (QED) is 0.484. The Balaban J connectivity index is 2.14. The maximum absolute atomic E-state index is 11.8. The number of hydrogen-bond acceptors (Lipinski definition) is 5. The molecule has 1 aromatic carbocycles. The van der Waals surface area contributed by atoms with Crippen LogP contribution >= 0.6 is 0 Å². The number of hydrogen-bond donors (Lipinski definition) is 2. The Bertz CT molecular complexity index is 555. The zero-order valence-electron chi connectivity index (χ0n) is 10.8. The van der Waals surface area contributed by atoms with Gasteiger partial charge in [0.1, 0.15) is 11.9 Å². The Morgan fingerprint density at radius 1 is 1.45 bits per heavy atom. The summed E-state index contributed by atoms with van der Waals surface area (Å²) < 4.78 is 5.35. The summed E-state index contributed by atoms with van der Waals surface area (Å²) in [5, 5.41) is 23.2. The minimum atomic E-state index is -1.14. The summed E-state index contributed by atoms with van der Waals surface area (Å²) in [7, 11) is 0. The van der Waals surface area contributed by atoms with Crippen LogP contribution in [0.1, 0.15) is 34.9 Å². The van der Waals surface area contributed by atoms with Crippen LogP contribution in [0.25, 0.3) is 10.4 Å². The Kier molecular flexibility index (Phi) is 4.57. The van der Waals surface area contributed by atoms with E-state index < -0.39 is 12.2 Å². The van der Waals surface area contributed by atoms with Crippen molar-refractivity contribution >= 4 is 5.78 Å². The van der Waals surface area contributed by atoms with Crippen LogP contribution < -0.4 is 4.74 Å². The van der Waals surface area contributed by atoms with Gasteiger partial charge in [0.15, 0.2) is 5.78 Å². The SMILES string of the molecule is [N-]=[N+]=NCCC(O)C(O)c1ccc2c(c1)C(=O)CCO2. The molecule has 0 radical (unpaired) electrons. The van der Waals surface area contributed by atoms with Gasteiger partial charge in [-0.3, -0.25) is 4.79 Å². The molecule has 0 spiro atoms. The summed E-state index contributed by atoms with van der Waals surface area (Å²) in [5.74, 6) is 0.463. The van der Waals surface area contributed by atoms with E-state index in [-0.39, 0.29) is 18.7 Å². The van der Waals surface area contributed by atoms with E-state index in [1.807, 2.05) is 0 Å². The monoisotopic (exact) mass is 277 g/mol. The van der Waals surface area contributed by atoms with E-state index in [9.17, 15) is 15.0 Å². The molecule has 0 bridgehead atoms. The number of aliphatic hydroxyl groups is 2. The third-order valence-electron chi connectivity index (χ3n) is 3.18. The number of azide groups is 1. The highest BCUT2D eigenvalue weighted by Crippen LogP contribution is 2.29. The topological polar surface area (TPSA) is 116 Å². The molecule has 106 valence electrons. The fourth-order valence-electron chi connectivity index (χ4n) is 2.08. The number of aliphatic hydroxyl groups excluding tert-OH is 2. The van der Waals surface area contributed by atoms with Crippen LogP contribution in [0.4, 0.5) is 0 Å². The molecule has 1 aromatic rings. The molecule has 0 fully saturated rings. The molecule has 0 saturated heterocycles. The molecule has 0 saturated carbocycles. The third-order valence-corrected chi connectivity index (χ3v) is 3.18. The number of ether oxygens (including phenoxy) is 1. The smallest absolute Gasteiger partial charge is 0.170 e. The van der Waals surface area contributed by atoms with Gasteiger partial charge in [-0.25, -0.2) is 0 Å². The van der Waals surface area contributed by atoms with Gasteiger partial charge in [-0.1, -0.05) is 11.2 Å². The van der Waals surface area contributed by atoms with E-state index in [1.165, 1.54) is 6.07 Å². The average molecular weight is 277 g/mol. The number of carbonyl (C=O) groups excluding carboxylic acids is 1. The van der Waals surface area contributed by atoms with Gasteiger partial charge in [0.2, 0.25) is 0 Å². The lowest BCUT2D eigenvalue weighted by atomic mass is 9.96. The van der Waals surface area contributed by atoms with Gasteiger partial charge in [-0.2, -0.15) is 0 Å². The van der Waals surface area contributed by atoms with E-state index in [0.717, 1.165) is 0 Å². The van der Waals surface area contributed by atoms with Crippen molar-refractivity contribution in [1.29, 1.82) is 0 Å². The predicted molar refractivity (Wildman–Crippen MR) is 70.5 cm³/mol. The van der Waals surface area contributed by atoms with E-state index in [0.29, 0.717) is 29.9 Å². The second-order valence-corrected chi connectivity index (χ2v) is 4.53. The molecule has 0 amide bonds. The molecule has 1 aliphatic rings.